The molecule has 1 aliphatic heterocycles. The molecule has 2 aromatic carbocycles. The van der Waals surface area contributed by atoms with E-state index in [4.69, 9.17) is 0 Å². The molecule has 0 bridgehead atoms. The number of rotatable bonds is 5. The summed E-state index contributed by atoms with van der Waals surface area (Å²) in [7, 11) is 0. The molecule has 1 aliphatic carbocycles. The third kappa shape index (κ3) is 6.47. The standard InChI is InChI=1S/C26H28N2.C6H12/c1-3-26(2)19-27-15-10-16-28-25-23(21-13-8-5-9-14-21)17-22(18-24(25)26)20-11-6-4-7-12-20;1-3-5-6-4-2/h4,6-8,10-18,28H,3,5,9,19H2,1-2H3;3,5H,4,6H2,1-2H3/b16-10-,27-15?;. The molecule has 0 aromatic heterocycles. The van der Waals surface area contributed by atoms with E-state index in [1.807, 2.05) is 18.5 Å². The van der Waals surface area contributed by atoms with Gasteiger partial charge < -0.3 is 5.32 Å². The van der Waals surface area contributed by atoms with Crippen molar-refractivity contribution in [3.05, 3.63) is 96.2 Å². The van der Waals surface area contributed by atoms with E-state index >= 15 is 0 Å². The summed E-state index contributed by atoms with van der Waals surface area (Å²) in [6.07, 6.45) is 22.8. The van der Waals surface area contributed by atoms with E-state index in [2.05, 4.69) is 111 Å². The van der Waals surface area contributed by atoms with Crippen LogP contribution >= 0.6 is 0 Å². The molecule has 0 radical (unpaired) electrons. The summed E-state index contributed by atoms with van der Waals surface area (Å²) in [4.78, 5) is 4.68. The van der Waals surface area contributed by atoms with Crippen molar-refractivity contribution in [2.45, 2.75) is 65.2 Å². The van der Waals surface area contributed by atoms with Crippen LogP contribution in [0.25, 0.3) is 16.7 Å². The van der Waals surface area contributed by atoms with Crippen LogP contribution in [0.15, 0.2) is 90.1 Å². The molecule has 34 heavy (non-hydrogen) atoms. The maximum Gasteiger partial charge on any atom is 0.0498 e. The number of nitrogens with zero attached hydrogens (tertiary/aromatic N) is 1. The van der Waals surface area contributed by atoms with E-state index in [0.717, 1.165) is 25.8 Å². The van der Waals surface area contributed by atoms with Gasteiger partial charge in [0, 0.05) is 35.6 Å². The molecule has 2 heteroatoms. The Labute approximate surface area is 206 Å². The van der Waals surface area contributed by atoms with Gasteiger partial charge in [-0.2, -0.15) is 0 Å². The van der Waals surface area contributed by atoms with Gasteiger partial charge in [0.2, 0.25) is 0 Å². The number of nitrogens with one attached hydrogen (secondary N) is 1. The van der Waals surface area contributed by atoms with Gasteiger partial charge in [-0.25, -0.2) is 0 Å². The first-order valence-electron chi connectivity index (χ1n) is 12.8. The lowest BCUT2D eigenvalue weighted by atomic mass is 9.76. The number of allylic oxidation sites excluding steroid dienone is 7. The highest BCUT2D eigenvalue weighted by atomic mass is 14.9. The highest BCUT2D eigenvalue weighted by Gasteiger charge is 2.30. The molecule has 1 N–H and O–H groups in total. The molecular formula is C32H40N2. The molecule has 2 nitrogen and oxygen atoms in total. The maximum atomic E-state index is 4.68. The van der Waals surface area contributed by atoms with E-state index in [1.165, 1.54) is 46.4 Å². The van der Waals surface area contributed by atoms with Crippen LogP contribution in [0.5, 0.6) is 0 Å². The van der Waals surface area contributed by atoms with Gasteiger partial charge in [0.05, 0.1) is 0 Å². The number of anilines is 1. The molecule has 1 unspecified atom stereocenters. The zero-order chi connectivity index (χ0) is 24.2. The Morgan fingerprint density at radius 3 is 2.53 bits per heavy atom. The highest BCUT2D eigenvalue weighted by Crippen LogP contribution is 2.42. The third-order valence-electron chi connectivity index (χ3n) is 6.63. The average molecular weight is 453 g/mol. The largest absolute Gasteiger partial charge is 0.361 e. The van der Waals surface area contributed by atoms with Gasteiger partial charge in [0.15, 0.2) is 0 Å². The molecule has 0 spiro atoms. The zero-order valence-corrected chi connectivity index (χ0v) is 21.4. The fourth-order valence-electron chi connectivity index (χ4n) is 4.32. The Bertz CT molecular complexity index is 1070. The first-order valence-corrected chi connectivity index (χ1v) is 12.8. The molecule has 0 fully saturated rings. The molecule has 0 saturated carbocycles. The van der Waals surface area contributed by atoms with Gasteiger partial charge in [0.25, 0.3) is 0 Å². The van der Waals surface area contributed by atoms with E-state index < -0.39 is 0 Å². The molecule has 2 aromatic rings. The monoisotopic (exact) mass is 452 g/mol. The van der Waals surface area contributed by atoms with Gasteiger partial charge in [-0.1, -0.05) is 87.9 Å². The summed E-state index contributed by atoms with van der Waals surface area (Å²) in [6, 6.07) is 15.4. The van der Waals surface area contributed by atoms with Crippen LogP contribution in [0.1, 0.15) is 70.9 Å². The van der Waals surface area contributed by atoms with Crippen molar-refractivity contribution >= 4 is 17.5 Å². The highest BCUT2D eigenvalue weighted by molar-refractivity contribution is 5.89. The van der Waals surface area contributed by atoms with Gasteiger partial charge in [-0.15, -0.1) is 0 Å². The minimum absolute atomic E-state index is 0.0245. The number of aliphatic imine (C=N–C) groups is 1. The molecular weight excluding hydrogens is 412 g/mol. The SMILES string of the molecule is CC=CCCC.CCC1(C)CN=C/C=C\Nc2c(C3=CCCC=C3)cc(-c3ccccc3)cc21. The first-order chi connectivity index (χ1) is 16.6. The summed E-state index contributed by atoms with van der Waals surface area (Å²) in [5.74, 6) is 0. The number of fused-ring (bicyclic) bond motifs is 1. The van der Waals surface area contributed by atoms with Gasteiger partial charge in [0.1, 0.15) is 0 Å². The Morgan fingerprint density at radius 1 is 1.06 bits per heavy atom. The fraction of sp³-hybridized carbons (Fsp3) is 0.344. The van der Waals surface area contributed by atoms with Crippen LogP contribution in [0.3, 0.4) is 0 Å². The number of hydrogen-bond donors (Lipinski definition) is 1. The Kier molecular flexibility index (Phi) is 9.70. The minimum Gasteiger partial charge on any atom is -0.361 e. The lowest BCUT2D eigenvalue weighted by Gasteiger charge is -2.31. The predicted molar refractivity (Wildman–Crippen MR) is 152 cm³/mol. The minimum atomic E-state index is -0.0245. The molecule has 0 amide bonds. The molecule has 1 heterocycles. The van der Waals surface area contributed by atoms with Crippen molar-refractivity contribution in [3.8, 4) is 11.1 Å². The third-order valence-corrected chi connectivity index (χ3v) is 6.63. The smallest absolute Gasteiger partial charge is 0.0498 e. The Balaban J connectivity index is 0.000000481. The van der Waals surface area contributed by atoms with Crippen LogP contribution in [-0.2, 0) is 5.41 Å². The first kappa shape index (κ1) is 25.5. The second-order valence-corrected chi connectivity index (χ2v) is 9.22. The van der Waals surface area contributed by atoms with Gasteiger partial charge in [-0.3, -0.25) is 4.99 Å². The van der Waals surface area contributed by atoms with Crippen molar-refractivity contribution < 1.29 is 0 Å². The van der Waals surface area contributed by atoms with Crippen LogP contribution in [0.4, 0.5) is 5.69 Å². The van der Waals surface area contributed by atoms with Crippen molar-refractivity contribution in [2.75, 3.05) is 11.9 Å². The summed E-state index contributed by atoms with van der Waals surface area (Å²) in [6.45, 7) is 9.61. The van der Waals surface area contributed by atoms with Crippen LogP contribution in [0.2, 0.25) is 0 Å². The molecule has 2 aliphatic rings. The van der Waals surface area contributed by atoms with Gasteiger partial charge >= 0.3 is 0 Å². The normalized spacial score (nSPS) is 20.2. The zero-order valence-electron chi connectivity index (χ0n) is 21.4. The Morgan fingerprint density at radius 2 is 1.88 bits per heavy atom. The lowest BCUT2D eigenvalue weighted by molar-refractivity contribution is 0.471. The summed E-state index contributed by atoms with van der Waals surface area (Å²) >= 11 is 0. The summed E-state index contributed by atoms with van der Waals surface area (Å²) in [5.41, 5.74) is 7.63. The molecule has 1 atom stereocenters. The van der Waals surface area contributed by atoms with Crippen LogP contribution in [-0.4, -0.2) is 12.8 Å². The van der Waals surface area contributed by atoms with Crippen LogP contribution < -0.4 is 5.32 Å². The molecule has 4 rings (SSSR count). The molecule has 0 saturated heterocycles. The van der Waals surface area contributed by atoms with Crippen molar-refractivity contribution in [1.29, 1.82) is 0 Å². The summed E-state index contributed by atoms with van der Waals surface area (Å²) < 4.78 is 0. The van der Waals surface area contributed by atoms with E-state index in [0.29, 0.717) is 0 Å². The lowest BCUT2D eigenvalue weighted by Crippen LogP contribution is -2.26. The quantitative estimate of drug-likeness (QED) is 0.449. The topological polar surface area (TPSA) is 24.4 Å². The summed E-state index contributed by atoms with van der Waals surface area (Å²) in [5, 5.41) is 3.59. The maximum absolute atomic E-state index is 4.68. The van der Waals surface area contributed by atoms with E-state index in [9.17, 15) is 0 Å². The van der Waals surface area contributed by atoms with Gasteiger partial charge in [-0.05, 0) is 73.1 Å². The van der Waals surface area contributed by atoms with E-state index in [1.54, 1.807) is 0 Å². The number of unbranched alkanes of at least 4 members (excludes halogenated alkanes) is 1. The van der Waals surface area contributed by atoms with Crippen molar-refractivity contribution in [1.82, 2.24) is 0 Å². The Hall–Kier alpha value is -3.13. The van der Waals surface area contributed by atoms with Crippen molar-refractivity contribution in [3.63, 3.8) is 0 Å². The average Bonchev–Trinajstić information content (AvgIpc) is 2.98. The predicted octanol–water partition coefficient (Wildman–Crippen LogP) is 9.13. The fourth-order valence-corrected chi connectivity index (χ4v) is 4.32. The van der Waals surface area contributed by atoms with Crippen molar-refractivity contribution in [2.24, 2.45) is 4.99 Å². The second-order valence-electron chi connectivity index (χ2n) is 9.22. The number of benzene rings is 2. The molecule has 178 valence electrons. The number of hydrogen-bond acceptors (Lipinski definition) is 2. The second kappa shape index (κ2) is 12.9. The van der Waals surface area contributed by atoms with E-state index in [-0.39, 0.29) is 5.41 Å². The van der Waals surface area contributed by atoms with Crippen LogP contribution in [0, 0.1) is 0 Å².